The van der Waals surface area contributed by atoms with Crippen LogP contribution >= 0.6 is 0 Å². The molecule has 0 saturated heterocycles. The van der Waals surface area contributed by atoms with Gasteiger partial charge in [-0.3, -0.25) is 9.59 Å². The van der Waals surface area contributed by atoms with Gasteiger partial charge in [0.1, 0.15) is 17.5 Å². The first-order valence-corrected chi connectivity index (χ1v) is 12.6. The molecule has 194 valence electrons. The van der Waals surface area contributed by atoms with Gasteiger partial charge in [-0.1, -0.05) is 78.9 Å². The number of rotatable bonds is 11. The Balaban J connectivity index is 1.29. The van der Waals surface area contributed by atoms with Crippen molar-refractivity contribution in [2.45, 2.75) is 19.1 Å². The summed E-state index contributed by atoms with van der Waals surface area (Å²) in [6, 6.07) is 32.9. The van der Waals surface area contributed by atoms with Crippen molar-refractivity contribution in [2.24, 2.45) is 0 Å². The van der Waals surface area contributed by atoms with E-state index in [0.29, 0.717) is 28.8 Å². The van der Waals surface area contributed by atoms with Crippen molar-refractivity contribution in [2.75, 3.05) is 6.61 Å². The van der Waals surface area contributed by atoms with E-state index in [1.807, 2.05) is 97.1 Å². The predicted molar refractivity (Wildman–Crippen MR) is 149 cm³/mol. The molecule has 0 aliphatic heterocycles. The normalized spacial score (nSPS) is 11.6. The van der Waals surface area contributed by atoms with Crippen LogP contribution in [0.3, 0.4) is 0 Å². The lowest BCUT2D eigenvalue weighted by molar-refractivity contribution is -0.121. The Labute approximate surface area is 226 Å². The summed E-state index contributed by atoms with van der Waals surface area (Å²) in [4.78, 5) is 26.7. The number of para-hydroxylation sites is 1. The summed E-state index contributed by atoms with van der Waals surface area (Å²) in [5.74, 6) is 0.831. The zero-order chi connectivity index (χ0) is 26.9. The fourth-order valence-electron chi connectivity index (χ4n) is 4.13. The van der Waals surface area contributed by atoms with Crippen LogP contribution in [0, 0.1) is 0 Å². The van der Waals surface area contributed by atoms with Crippen molar-refractivity contribution in [3.63, 3.8) is 0 Å². The number of amides is 1. The molecule has 1 amide bonds. The van der Waals surface area contributed by atoms with Crippen LogP contribution in [-0.4, -0.2) is 34.5 Å². The van der Waals surface area contributed by atoms with Gasteiger partial charge in [-0.25, -0.2) is 0 Å². The van der Waals surface area contributed by atoms with Crippen LogP contribution in [0.25, 0.3) is 10.9 Å². The highest BCUT2D eigenvalue weighted by Crippen LogP contribution is 2.21. The van der Waals surface area contributed by atoms with E-state index in [9.17, 15) is 9.59 Å². The van der Waals surface area contributed by atoms with Gasteiger partial charge in [0.2, 0.25) is 0 Å². The maximum absolute atomic E-state index is 13.4. The van der Waals surface area contributed by atoms with Crippen LogP contribution in [0.5, 0.6) is 11.5 Å². The molecule has 7 heteroatoms. The third-order valence-electron chi connectivity index (χ3n) is 6.16. The van der Waals surface area contributed by atoms with Crippen molar-refractivity contribution in [3.8, 4) is 11.5 Å². The van der Waals surface area contributed by atoms with Crippen molar-refractivity contribution < 1.29 is 19.1 Å². The number of ether oxygens (including phenoxy) is 2. The van der Waals surface area contributed by atoms with Crippen LogP contribution in [0.2, 0.25) is 0 Å². The van der Waals surface area contributed by atoms with Crippen LogP contribution in [0.15, 0.2) is 115 Å². The van der Waals surface area contributed by atoms with E-state index >= 15 is 0 Å². The first-order valence-electron chi connectivity index (χ1n) is 12.6. The first-order chi connectivity index (χ1) is 19.2. The summed E-state index contributed by atoms with van der Waals surface area (Å²) in [5.41, 5.74) is 2.74. The molecule has 0 spiro atoms. The summed E-state index contributed by atoms with van der Waals surface area (Å²) < 4.78 is 11.7. The molecular formula is C32H27N3O4. The van der Waals surface area contributed by atoms with Gasteiger partial charge in [-0.05, 0) is 41.5 Å². The van der Waals surface area contributed by atoms with Crippen molar-refractivity contribution in [3.05, 3.63) is 132 Å². The maximum atomic E-state index is 13.4. The number of carbonyl (C=O) groups excluding carboxylic acids is 2. The van der Waals surface area contributed by atoms with Gasteiger partial charge >= 0.3 is 0 Å². The van der Waals surface area contributed by atoms with Gasteiger partial charge < -0.3 is 14.8 Å². The number of nitrogens with one attached hydrogen (secondary N) is 1. The van der Waals surface area contributed by atoms with Crippen molar-refractivity contribution in [1.29, 1.82) is 0 Å². The Hall–Kier alpha value is -4.88. The molecular weight excluding hydrogens is 490 g/mol. The standard InChI is InChI=1S/C32H27N3O4/c36-31(19-23-15-17-26(18-16-23)39-25-11-5-2-6-12-25)30(22-38-21-24-9-3-1-4-10-24)34-32(37)28-20-33-35-29-14-8-7-13-27(28)29/h1-18,20,30H,19,21-22H2,(H,34,37). The van der Waals surface area contributed by atoms with Crippen LogP contribution < -0.4 is 10.1 Å². The largest absolute Gasteiger partial charge is 0.457 e. The molecule has 1 unspecified atom stereocenters. The van der Waals surface area contributed by atoms with Gasteiger partial charge in [-0.2, -0.15) is 10.2 Å². The average molecular weight is 518 g/mol. The molecule has 0 fully saturated rings. The van der Waals surface area contributed by atoms with Gasteiger partial charge in [0.15, 0.2) is 5.78 Å². The number of aromatic nitrogens is 2. The molecule has 0 saturated carbocycles. The topological polar surface area (TPSA) is 90.4 Å². The SMILES string of the molecule is O=C(NC(COCc1ccccc1)C(=O)Cc1ccc(Oc2ccccc2)cc1)c1cnnc2ccccc12. The number of benzene rings is 4. The zero-order valence-electron chi connectivity index (χ0n) is 21.2. The van der Waals surface area contributed by atoms with E-state index in [4.69, 9.17) is 9.47 Å². The van der Waals surface area contributed by atoms with E-state index in [1.54, 1.807) is 12.1 Å². The first kappa shape index (κ1) is 25.8. The fraction of sp³-hybridized carbons (Fsp3) is 0.125. The summed E-state index contributed by atoms with van der Waals surface area (Å²) in [6.45, 7) is 0.358. The second kappa shape index (κ2) is 12.6. The number of ketones is 1. The second-order valence-electron chi connectivity index (χ2n) is 9.00. The number of Topliss-reactive ketones (excluding diaryl/α,β-unsaturated/α-hetero) is 1. The maximum Gasteiger partial charge on any atom is 0.254 e. The van der Waals surface area contributed by atoms with Crippen molar-refractivity contribution >= 4 is 22.6 Å². The summed E-state index contributed by atoms with van der Waals surface area (Å²) in [6.07, 6.45) is 1.54. The number of hydrogen-bond acceptors (Lipinski definition) is 6. The molecule has 5 aromatic rings. The Morgan fingerprint density at radius 3 is 2.18 bits per heavy atom. The van der Waals surface area contributed by atoms with Crippen LogP contribution in [-0.2, 0) is 22.6 Å². The molecule has 0 aliphatic rings. The Bertz CT molecular complexity index is 1540. The Morgan fingerprint density at radius 2 is 1.41 bits per heavy atom. The molecule has 7 nitrogen and oxygen atoms in total. The molecule has 39 heavy (non-hydrogen) atoms. The lowest BCUT2D eigenvalue weighted by Crippen LogP contribution is -2.45. The average Bonchev–Trinajstić information content (AvgIpc) is 2.98. The minimum absolute atomic E-state index is 0.0329. The lowest BCUT2D eigenvalue weighted by atomic mass is 10.0. The molecule has 1 heterocycles. The number of carbonyl (C=O) groups is 2. The van der Waals surface area contributed by atoms with E-state index in [0.717, 1.165) is 16.9 Å². The molecule has 1 atom stereocenters. The molecule has 0 aliphatic carbocycles. The highest BCUT2D eigenvalue weighted by molar-refractivity contribution is 6.07. The highest BCUT2D eigenvalue weighted by atomic mass is 16.5. The van der Waals surface area contributed by atoms with Gasteiger partial charge in [-0.15, -0.1) is 0 Å². The summed E-state index contributed by atoms with van der Waals surface area (Å²) in [7, 11) is 0. The highest BCUT2D eigenvalue weighted by Gasteiger charge is 2.23. The number of nitrogens with zero attached hydrogens (tertiary/aromatic N) is 2. The van der Waals surface area contributed by atoms with Gasteiger partial charge in [0.05, 0.1) is 30.5 Å². The van der Waals surface area contributed by atoms with E-state index in [2.05, 4.69) is 15.5 Å². The summed E-state index contributed by atoms with van der Waals surface area (Å²) >= 11 is 0. The Morgan fingerprint density at radius 1 is 0.744 bits per heavy atom. The monoisotopic (exact) mass is 517 g/mol. The van der Waals surface area contributed by atoms with Gasteiger partial charge in [0, 0.05) is 11.8 Å². The third kappa shape index (κ3) is 6.91. The van der Waals surface area contributed by atoms with Crippen LogP contribution in [0.4, 0.5) is 0 Å². The van der Waals surface area contributed by atoms with Crippen LogP contribution in [0.1, 0.15) is 21.5 Å². The zero-order valence-corrected chi connectivity index (χ0v) is 21.2. The second-order valence-corrected chi connectivity index (χ2v) is 9.00. The minimum atomic E-state index is -0.853. The van der Waals surface area contributed by atoms with Gasteiger partial charge in [0.25, 0.3) is 5.91 Å². The van der Waals surface area contributed by atoms with E-state index in [-0.39, 0.29) is 18.8 Å². The fourth-order valence-corrected chi connectivity index (χ4v) is 4.13. The molecule has 1 N–H and O–H groups in total. The molecule has 0 bridgehead atoms. The minimum Gasteiger partial charge on any atom is -0.457 e. The molecule has 1 aromatic heterocycles. The van der Waals surface area contributed by atoms with E-state index in [1.165, 1.54) is 6.20 Å². The number of hydrogen-bond donors (Lipinski definition) is 1. The predicted octanol–water partition coefficient (Wildman–Crippen LogP) is 5.55. The summed E-state index contributed by atoms with van der Waals surface area (Å²) in [5, 5.41) is 11.6. The number of fused-ring (bicyclic) bond motifs is 1. The smallest absolute Gasteiger partial charge is 0.254 e. The Kier molecular flexibility index (Phi) is 8.31. The van der Waals surface area contributed by atoms with Crippen molar-refractivity contribution in [1.82, 2.24) is 15.5 Å². The third-order valence-corrected chi connectivity index (χ3v) is 6.16. The molecule has 0 radical (unpaired) electrons. The quantitative estimate of drug-likeness (QED) is 0.247. The lowest BCUT2D eigenvalue weighted by Gasteiger charge is -2.19. The van der Waals surface area contributed by atoms with E-state index < -0.39 is 11.9 Å². The molecule has 4 aromatic carbocycles. The molecule has 5 rings (SSSR count).